The van der Waals surface area contributed by atoms with Gasteiger partial charge >= 0.3 is 0 Å². The van der Waals surface area contributed by atoms with Crippen LogP contribution < -0.4 is 5.32 Å². The van der Waals surface area contributed by atoms with Gasteiger partial charge in [-0.2, -0.15) is 0 Å². The molecule has 0 aliphatic rings. The molecule has 0 heterocycles. The van der Waals surface area contributed by atoms with E-state index in [0.717, 1.165) is 8.00 Å². The van der Waals surface area contributed by atoms with Crippen molar-refractivity contribution in [2.24, 2.45) is 0 Å². The van der Waals surface area contributed by atoms with Crippen molar-refractivity contribution in [1.29, 1.82) is 0 Å². The summed E-state index contributed by atoms with van der Waals surface area (Å²) in [5, 5.41) is 3.39. The number of halogens is 3. The van der Waals surface area contributed by atoms with Gasteiger partial charge in [0.1, 0.15) is 0 Å². The Labute approximate surface area is 115 Å². The van der Waals surface area contributed by atoms with Gasteiger partial charge in [-0.3, -0.25) is 4.79 Å². The van der Waals surface area contributed by atoms with Gasteiger partial charge in [0.25, 0.3) is 5.91 Å². The lowest BCUT2D eigenvalue weighted by molar-refractivity contribution is 0.0955. The van der Waals surface area contributed by atoms with Gasteiger partial charge in [0.2, 0.25) is 0 Å². The minimum absolute atomic E-state index is 0.0615. The highest BCUT2D eigenvalue weighted by molar-refractivity contribution is 14.1. The Morgan fingerprint density at radius 2 is 2.21 bits per heavy atom. The van der Waals surface area contributed by atoms with Crippen LogP contribution in [0.15, 0.2) is 18.2 Å². The zero-order valence-electron chi connectivity index (χ0n) is 7.19. The van der Waals surface area contributed by atoms with Crippen molar-refractivity contribution in [3.63, 3.8) is 0 Å². The number of hydrogen-bond donors (Lipinski definition) is 1. The van der Waals surface area contributed by atoms with E-state index in [9.17, 15) is 4.79 Å². The fraction of sp³-hybridized carbons (Fsp3) is 0.222. The fourth-order valence-corrected chi connectivity index (χ4v) is 1.95. The molecule has 0 aliphatic carbocycles. The standard InChI is InChI=1S/C9H8ClI2NO/c10-6-1-2-8(12)7(5-6)9(14)13-4-3-11/h1-2,5H,3-4H2,(H,13,14). The molecule has 0 saturated heterocycles. The van der Waals surface area contributed by atoms with E-state index in [4.69, 9.17) is 11.6 Å². The van der Waals surface area contributed by atoms with E-state index >= 15 is 0 Å². The third-order valence-electron chi connectivity index (χ3n) is 1.55. The van der Waals surface area contributed by atoms with Crippen LogP contribution in [-0.2, 0) is 0 Å². The average Bonchev–Trinajstić information content (AvgIpc) is 2.18. The molecule has 0 aromatic heterocycles. The van der Waals surface area contributed by atoms with Crippen LogP contribution in [0.4, 0.5) is 0 Å². The summed E-state index contributed by atoms with van der Waals surface area (Å²) in [4.78, 5) is 11.6. The number of carbonyl (C=O) groups is 1. The van der Waals surface area contributed by atoms with Crippen LogP contribution in [0.3, 0.4) is 0 Å². The fourth-order valence-electron chi connectivity index (χ4n) is 0.928. The Morgan fingerprint density at radius 3 is 2.86 bits per heavy atom. The van der Waals surface area contributed by atoms with Crippen LogP contribution in [0, 0.1) is 3.57 Å². The molecule has 1 rings (SSSR count). The summed E-state index contributed by atoms with van der Waals surface area (Å²) in [6, 6.07) is 5.30. The van der Waals surface area contributed by atoms with Crippen LogP contribution >= 0.6 is 56.8 Å². The molecule has 0 aliphatic heterocycles. The molecule has 1 aromatic carbocycles. The summed E-state index contributed by atoms with van der Waals surface area (Å²) in [7, 11) is 0. The molecule has 5 heteroatoms. The van der Waals surface area contributed by atoms with E-state index in [1.54, 1.807) is 12.1 Å². The zero-order valence-corrected chi connectivity index (χ0v) is 12.3. The van der Waals surface area contributed by atoms with Crippen molar-refractivity contribution in [2.75, 3.05) is 11.0 Å². The molecule has 0 bridgehead atoms. The number of hydrogen-bond acceptors (Lipinski definition) is 1. The maximum Gasteiger partial charge on any atom is 0.252 e. The SMILES string of the molecule is O=C(NCCI)c1cc(Cl)ccc1I. The summed E-state index contributed by atoms with van der Waals surface area (Å²) < 4.78 is 1.82. The third-order valence-corrected chi connectivity index (χ3v) is 3.27. The van der Waals surface area contributed by atoms with E-state index < -0.39 is 0 Å². The highest BCUT2D eigenvalue weighted by atomic mass is 127. The monoisotopic (exact) mass is 435 g/mol. The van der Waals surface area contributed by atoms with Crippen molar-refractivity contribution in [1.82, 2.24) is 5.32 Å². The molecule has 1 N–H and O–H groups in total. The van der Waals surface area contributed by atoms with Gasteiger partial charge in [-0.1, -0.05) is 34.2 Å². The van der Waals surface area contributed by atoms with E-state index in [1.807, 2.05) is 6.07 Å². The van der Waals surface area contributed by atoms with E-state index in [2.05, 4.69) is 50.5 Å². The lowest BCUT2D eigenvalue weighted by Gasteiger charge is -2.05. The van der Waals surface area contributed by atoms with E-state index in [0.29, 0.717) is 17.1 Å². The second kappa shape index (κ2) is 6.12. The van der Waals surface area contributed by atoms with Crippen LogP contribution in [0.2, 0.25) is 5.02 Å². The minimum atomic E-state index is -0.0615. The molecule has 0 fully saturated rings. The summed E-state index contributed by atoms with van der Waals surface area (Å²) in [6.45, 7) is 0.683. The Morgan fingerprint density at radius 1 is 1.50 bits per heavy atom. The maximum absolute atomic E-state index is 11.6. The first-order valence-corrected chi connectivity index (χ1v) is 6.92. The summed E-state index contributed by atoms with van der Waals surface area (Å²) >= 11 is 10.1. The molecular formula is C9H8ClI2NO. The van der Waals surface area contributed by atoms with Crippen molar-refractivity contribution in [2.45, 2.75) is 0 Å². The van der Waals surface area contributed by atoms with Gasteiger partial charge in [0.15, 0.2) is 0 Å². The predicted molar refractivity (Wildman–Crippen MR) is 75.4 cm³/mol. The highest BCUT2D eigenvalue weighted by Gasteiger charge is 2.09. The first kappa shape index (κ1) is 12.5. The summed E-state index contributed by atoms with van der Waals surface area (Å²) in [5.74, 6) is -0.0615. The van der Waals surface area contributed by atoms with Crippen LogP contribution in [-0.4, -0.2) is 16.9 Å². The van der Waals surface area contributed by atoms with E-state index in [1.165, 1.54) is 0 Å². The highest BCUT2D eigenvalue weighted by Crippen LogP contribution is 2.17. The lowest BCUT2D eigenvalue weighted by atomic mass is 10.2. The Kier molecular flexibility index (Phi) is 5.47. The number of carbonyl (C=O) groups excluding carboxylic acids is 1. The molecule has 0 spiro atoms. The van der Waals surface area contributed by atoms with Gasteiger partial charge in [-0.05, 0) is 40.8 Å². The number of amides is 1. The number of rotatable bonds is 3. The Hall–Kier alpha value is 0.440. The van der Waals surface area contributed by atoms with Gasteiger partial charge in [-0.15, -0.1) is 0 Å². The van der Waals surface area contributed by atoms with Crippen molar-refractivity contribution in [3.05, 3.63) is 32.4 Å². The molecule has 0 radical (unpaired) electrons. The smallest absolute Gasteiger partial charge is 0.252 e. The molecule has 2 nitrogen and oxygen atoms in total. The zero-order chi connectivity index (χ0) is 10.6. The topological polar surface area (TPSA) is 29.1 Å². The van der Waals surface area contributed by atoms with Crippen molar-refractivity contribution < 1.29 is 4.79 Å². The molecule has 1 amide bonds. The Balaban J connectivity index is 2.83. The van der Waals surface area contributed by atoms with Gasteiger partial charge in [0, 0.05) is 19.6 Å². The third kappa shape index (κ3) is 3.54. The second-order valence-electron chi connectivity index (χ2n) is 2.57. The van der Waals surface area contributed by atoms with Crippen LogP contribution in [0.25, 0.3) is 0 Å². The molecular weight excluding hydrogens is 427 g/mol. The van der Waals surface area contributed by atoms with Crippen molar-refractivity contribution in [3.8, 4) is 0 Å². The largest absolute Gasteiger partial charge is 0.351 e. The number of benzene rings is 1. The van der Waals surface area contributed by atoms with Crippen molar-refractivity contribution >= 4 is 62.7 Å². The lowest BCUT2D eigenvalue weighted by Crippen LogP contribution is -2.25. The predicted octanol–water partition coefficient (Wildman–Crippen LogP) is 3.11. The normalized spacial score (nSPS) is 9.93. The molecule has 0 saturated carbocycles. The van der Waals surface area contributed by atoms with E-state index in [-0.39, 0.29) is 5.91 Å². The van der Waals surface area contributed by atoms with Gasteiger partial charge in [-0.25, -0.2) is 0 Å². The number of nitrogens with one attached hydrogen (secondary N) is 1. The molecule has 76 valence electrons. The van der Waals surface area contributed by atoms with Crippen LogP contribution in [0.1, 0.15) is 10.4 Å². The molecule has 1 aromatic rings. The first-order chi connectivity index (χ1) is 6.65. The maximum atomic E-state index is 11.6. The van der Waals surface area contributed by atoms with Gasteiger partial charge in [0.05, 0.1) is 5.56 Å². The average molecular weight is 435 g/mol. The van der Waals surface area contributed by atoms with Crippen LogP contribution in [0.5, 0.6) is 0 Å². The molecule has 0 unspecified atom stereocenters. The summed E-state index contributed by atoms with van der Waals surface area (Å²) in [5.41, 5.74) is 0.642. The summed E-state index contributed by atoms with van der Waals surface area (Å²) in [6.07, 6.45) is 0. The van der Waals surface area contributed by atoms with Gasteiger partial charge < -0.3 is 5.32 Å². The number of alkyl halides is 1. The Bertz CT molecular complexity index is 344. The second-order valence-corrected chi connectivity index (χ2v) is 5.25. The molecule has 0 atom stereocenters. The minimum Gasteiger partial charge on any atom is -0.351 e. The first-order valence-electron chi connectivity index (χ1n) is 3.94. The molecule has 14 heavy (non-hydrogen) atoms. The quantitative estimate of drug-likeness (QED) is 0.574.